The molecule has 0 aliphatic carbocycles. The fourth-order valence-electron chi connectivity index (χ4n) is 4.90. The molecule has 1 unspecified atom stereocenters. The second-order valence-corrected chi connectivity index (χ2v) is 11.2. The Balaban J connectivity index is 1.69. The standard InChI is InChI=1S/C34H40N2O5/c1-23(2)21-40-28-14-9-13-26(20-28)31-30(33(38)34(39)36(31)18-10-17-35(4)5)32(37)27-15-16-29(24(3)19-27)41-22-25-11-7-6-8-12-25/h6-9,11-16,19-20,23,31,37H,10,17-18,21-22H2,1-5H3/b32-30+. The van der Waals surface area contributed by atoms with E-state index in [1.54, 1.807) is 23.1 Å². The van der Waals surface area contributed by atoms with Crippen LogP contribution in [0.3, 0.4) is 0 Å². The van der Waals surface area contributed by atoms with Crippen molar-refractivity contribution in [3.63, 3.8) is 0 Å². The molecule has 0 aromatic heterocycles. The van der Waals surface area contributed by atoms with Crippen molar-refractivity contribution in [3.05, 3.63) is 101 Å². The molecule has 0 bridgehead atoms. The van der Waals surface area contributed by atoms with Crippen molar-refractivity contribution in [2.75, 3.05) is 33.8 Å². The summed E-state index contributed by atoms with van der Waals surface area (Å²) >= 11 is 0. The number of Topliss-reactive ketones (excluding diaryl/α,β-unsaturated/α-hetero) is 1. The van der Waals surface area contributed by atoms with Gasteiger partial charge in [-0.05, 0) is 86.9 Å². The molecule has 1 N–H and O–H groups in total. The topological polar surface area (TPSA) is 79.3 Å². The summed E-state index contributed by atoms with van der Waals surface area (Å²) in [4.78, 5) is 30.4. The lowest BCUT2D eigenvalue weighted by atomic mass is 9.94. The number of carbonyl (C=O) groups is 2. The Kier molecular flexibility index (Phi) is 9.84. The van der Waals surface area contributed by atoms with Gasteiger partial charge >= 0.3 is 0 Å². The Morgan fingerprint density at radius 3 is 2.41 bits per heavy atom. The molecule has 0 saturated carbocycles. The van der Waals surface area contributed by atoms with Crippen molar-refractivity contribution in [1.29, 1.82) is 0 Å². The number of nitrogens with zero attached hydrogens (tertiary/aromatic N) is 2. The smallest absolute Gasteiger partial charge is 0.295 e. The van der Waals surface area contributed by atoms with Gasteiger partial charge in [-0.3, -0.25) is 9.59 Å². The van der Waals surface area contributed by atoms with Gasteiger partial charge in [0.25, 0.3) is 11.7 Å². The molecular weight excluding hydrogens is 516 g/mol. The number of aliphatic hydroxyl groups excluding tert-OH is 1. The minimum atomic E-state index is -0.728. The molecule has 1 amide bonds. The molecule has 7 heteroatoms. The van der Waals surface area contributed by atoms with Crippen LogP contribution in [-0.2, 0) is 16.2 Å². The van der Waals surface area contributed by atoms with Gasteiger partial charge in [0.05, 0.1) is 18.2 Å². The molecule has 41 heavy (non-hydrogen) atoms. The third kappa shape index (κ3) is 7.35. The summed E-state index contributed by atoms with van der Waals surface area (Å²) in [5, 5.41) is 11.5. The Morgan fingerprint density at radius 2 is 1.73 bits per heavy atom. The summed E-state index contributed by atoms with van der Waals surface area (Å²) < 4.78 is 11.9. The van der Waals surface area contributed by atoms with Gasteiger partial charge in [-0.2, -0.15) is 0 Å². The summed E-state index contributed by atoms with van der Waals surface area (Å²) in [6.45, 7) is 8.14. The number of rotatable bonds is 12. The molecule has 3 aromatic rings. The molecule has 1 aliphatic heterocycles. The SMILES string of the molecule is Cc1cc(/C(O)=C2\C(=O)C(=O)N(CCCN(C)C)C2c2cccc(OCC(C)C)c2)ccc1OCc1ccccc1. The highest BCUT2D eigenvalue weighted by Crippen LogP contribution is 2.40. The Labute approximate surface area is 243 Å². The quantitative estimate of drug-likeness (QED) is 0.168. The highest BCUT2D eigenvalue weighted by Gasteiger charge is 2.46. The molecule has 0 radical (unpaired) electrons. The van der Waals surface area contributed by atoms with Gasteiger partial charge in [-0.15, -0.1) is 0 Å². The maximum Gasteiger partial charge on any atom is 0.295 e. The Morgan fingerprint density at radius 1 is 0.976 bits per heavy atom. The monoisotopic (exact) mass is 556 g/mol. The van der Waals surface area contributed by atoms with Crippen molar-refractivity contribution in [2.45, 2.75) is 39.8 Å². The molecular formula is C34H40N2O5. The van der Waals surface area contributed by atoms with Crippen LogP contribution in [0.4, 0.5) is 0 Å². The second-order valence-electron chi connectivity index (χ2n) is 11.2. The van der Waals surface area contributed by atoms with E-state index in [1.807, 2.05) is 80.5 Å². The van der Waals surface area contributed by atoms with E-state index in [9.17, 15) is 14.7 Å². The average Bonchev–Trinajstić information content (AvgIpc) is 3.20. The number of hydrogen-bond acceptors (Lipinski definition) is 6. The fraction of sp³-hybridized carbons (Fsp3) is 0.353. The Hall–Kier alpha value is -4.10. The van der Waals surface area contributed by atoms with Gasteiger partial charge in [0.1, 0.15) is 23.9 Å². The van der Waals surface area contributed by atoms with Crippen molar-refractivity contribution < 1.29 is 24.2 Å². The summed E-state index contributed by atoms with van der Waals surface area (Å²) in [5.74, 6) is 0.191. The van der Waals surface area contributed by atoms with E-state index in [0.29, 0.717) is 49.2 Å². The van der Waals surface area contributed by atoms with Gasteiger partial charge in [0, 0.05) is 12.1 Å². The van der Waals surface area contributed by atoms with Crippen molar-refractivity contribution in [3.8, 4) is 11.5 Å². The number of hydrogen-bond donors (Lipinski definition) is 1. The van der Waals surface area contributed by atoms with Crippen LogP contribution < -0.4 is 9.47 Å². The lowest BCUT2D eigenvalue weighted by Crippen LogP contribution is -2.32. The number of ether oxygens (including phenoxy) is 2. The van der Waals surface area contributed by atoms with Gasteiger partial charge < -0.3 is 24.4 Å². The normalized spacial score (nSPS) is 16.6. The molecule has 216 valence electrons. The molecule has 3 aromatic carbocycles. The molecule has 0 spiro atoms. The third-order valence-corrected chi connectivity index (χ3v) is 6.99. The van der Waals surface area contributed by atoms with Crippen LogP contribution in [0, 0.1) is 12.8 Å². The highest BCUT2D eigenvalue weighted by atomic mass is 16.5. The van der Waals surface area contributed by atoms with Crippen molar-refractivity contribution in [2.24, 2.45) is 5.92 Å². The van der Waals surface area contributed by atoms with E-state index in [4.69, 9.17) is 9.47 Å². The Bertz CT molecular complexity index is 1400. The molecule has 1 saturated heterocycles. The molecule has 1 fully saturated rings. The number of carbonyl (C=O) groups excluding carboxylic acids is 2. The number of benzene rings is 3. The van der Waals surface area contributed by atoms with Crippen LogP contribution in [0.1, 0.15) is 48.6 Å². The minimum absolute atomic E-state index is 0.0817. The number of ketones is 1. The number of aryl methyl sites for hydroxylation is 1. The molecule has 1 heterocycles. The van der Waals surface area contributed by atoms with Crippen LogP contribution in [0.15, 0.2) is 78.4 Å². The first-order valence-corrected chi connectivity index (χ1v) is 14.1. The van der Waals surface area contributed by atoms with E-state index >= 15 is 0 Å². The number of likely N-dealkylation sites (tertiary alicyclic amines) is 1. The van der Waals surface area contributed by atoms with Crippen molar-refractivity contribution >= 4 is 17.4 Å². The van der Waals surface area contributed by atoms with Gasteiger partial charge in [-0.1, -0.05) is 56.3 Å². The fourth-order valence-corrected chi connectivity index (χ4v) is 4.90. The molecule has 7 nitrogen and oxygen atoms in total. The summed E-state index contributed by atoms with van der Waals surface area (Å²) in [6.07, 6.45) is 0.687. The van der Waals surface area contributed by atoms with Crippen LogP contribution in [-0.4, -0.2) is 60.4 Å². The lowest BCUT2D eigenvalue weighted by Gasteiger charge is -2.26. The number of amides is 1. The van der Waals surface area contributed by atoms with Crippen molar-refractivity contribution in [1.82, 2.24) is 9.80 Å². The molecule has 4 rings (SSSR count). The first-order chi connectivity index (χ1) is 19.7. The maximum atomic E-state index is 13.4. The van der Waals surface area contributed by atoms with Crippen LogP contribution >= 0.6 is 0 Å². The van der Waals surface area contributed by atoms with E-state index in [1.165, 1.54) is 0 Å². The molecule has 1 atom stereocenters. The van der Waals surface area contributed by atoms with E-state index in [2.05, 4.69) is 13.8 Å². The predicted octanol–water partition coefficient (Wildman–Crippen LogP) is 5.98. The largest absolute Gasteiger partial charge is 0.507 e. The minimum Gasteiger partial charge on any atom is -0.507 e. The van der Waals surface area contributed by atoms with E-state index < -0.39 is 17.7 Å². The summed E-state index contributed by atoms with van der Waals surface area (Å²) in [6, 6.07) is 21.9. The van der Waals surface area contributed by atoms with Gasteiger partial charge in [0.2, 0.25) is 0 Å². The zero-order chi connectivity index (χ0) is 29.5. The van der Waals surface area contributed by atoms with Crippen LogP contribution in [0.5, 0.6) is 11.5 Å². The third-order valence-electron chi connectivity index (χ3n) is 6.99. The molecule has 1 aliphatic rings. The predicted molar refractivity (Wildman–Crippen MR) is 161 cm³/mol. The summed E-state index contributed by atoms with van der Waals surface area (Å²) in [5.41, 5.74) is 3.12. The summed E-state index contributed by atoms with van der Waals surface area (Å²) in [7, 11) is 3.94. The van der Waals surface area contributed by atoms with Gasteiger partial charge in [0.15, 0.2) is 0 Å². The zero-order valence-electron chi connectivity index (χ0n) is 24.6. The first-order valence-electron chi connectivity index (χ1n) is 14.1. The zero-order valence-corrected chi connectivity index (χ0v) is 24.6. The van der Waals surface area contributed by atoms with E-state index in [0.717, 1.165) is 23.2 Å². The second kappa shape index (κ2) is 13.5. The van der Waals surface area contributed by atoms with Crippen LogP contribution in [0.25, 0.3) is 5.76 Å². The number of aliphatic hydroxyl groups is 1. The maximum absolute atomic E-state index is 13.4. The first kappa shape index (κ1) is 29.9. The highest BCUT2D eigenvalue weighted by molar-refractivity contribution is 6.46. The van der Waals surface area contributed by atoms with E-state index in [-0.39, 0.29) is 11.3 Å². The van der Waals surface area contributed by atoms with Crippen LogP contribution in [0.2, 0.25) is 0 Å². The average molecular weight is 557 g/mol. The lowest BCUT2D eigenvalue weighted by molar-refractivity contribution is -0.139. The van der Waals surface area contributed by atoms with Gasteiger partial charge in [-0.25, -0.2) is 0 Å².